The molecule has 1 saturated heterocycles. The Morgan fingerprint density at radius 1 is 1.11 bits per heavy atom. The summed E-state index contributed by atoms with van der Waals surface area (Å²) < 4.78 is 24.2. The van der Waals surface area contributed by atoms with Crippen molar-refractivity contribution in [2.24, 2.45) is 0 Å². The number of benzene rings is 2. The second kappa shape index (κ2) is 12.9. The largest absolute Gasteiger partial charge is 0.352 e. The number of hydrogen-bond donors (Lipinski definition) is 0. The first kappa shape index (κ1) is 28.2. The number of aromatic nitrogens is 1. The van der Waals surface area contributed by atoms with Crippen LogP contribution in [-0.2, 0) is 13.8 Å². The van der Waals surface area contributed by atoms with Crippen molar-refractivity contribution in [1.82, 2.24) is 9.24 Å². The van der Waals surface area contributed by atoms with E-state index in [1.165, 1.54) is 6.08 Å². The molecule has 0 N–H and O–H groups in total. The molecule has 0 bridgehead atoms. The van der Waals surface area contributed by atoms with Crippen LogP contribution in [0.3, 0.4) is 0 Å². The molecule has 1 aromatic heterocycles. The lowest BCUT2D eigenvalue weighted by molar-refractivity contribution is -0.0145. The fourth-order valence-corrected chi connectivity index (χ4v) is 7.07. The van der Waals surface area contributed by atoms with Crippen LogP contribution in [0.5, 0.6) is 0 Å². The van der Waals surface area contributed by atoms with Gasteiger partial charge in [0.15, 0.2) is 0 Å². The van der Waals surface area contributed by atoms with Crippen LogP contribution in [0.25, 0.3) is 27.9 Å². The zero-order chi connectivity index (χ0) is 27.2. The van der Waals surface area contributed by atoms with Crippen LogP contribution in [0.4, 0.5) is 0 Å². The van der Waals surface area contributed by atoms with Crippen LogP contribution in [0.1, 0.15) is 65.7 Å². The van der Waals surface area contributed by atoms with E-state index in [9.17, 15) is 0 Å². The first-order valence-corrected chi connectivity index (χ1v) is 14.5. The molecule has 1 aliphatic heterocycles. The van der Waals surface area contributed by atoms with Crippen molar-refractivity contribution in [2.45, 2.75) is 84.4 Å². The maximum absolute atomic E-state index is 9.06. The van der Waals surface area contributed by atoms with E-state index in [-0.39, 0.29) is 30.5 Å². The molecule has 2 heterocycles. The van der Waals surface area contributed by atoms with E-state index < -0.39 is 8.53 Å². The molecule has 0 aliphatic carbocycles. The van der Waals surface area contributed by atoms with Crippen molar-refractivity contribution in [3.05, 3.63) is 54.1 Å². The van der Waals surface area contributed by atoms with E-state index in [0.717, 1.165) is 33.8 Å². The third-order valence-electron chi connectivity index (χ3n) is 6.84. The Labute approximate surface area is 227 Å². The number of hydrogen-bond acceptors (Lipinski definition) is 6. The molecule has 1 fully saturated rings. The molecule has 8 heteroatoms. The van der Waals surface area contributed by atoms with E-state index in [1.807, 2.05) is 12.1 Å². The minimum absolute atomic E-state index is 0.0696. The smallest absolute Gasteiger partial charge is 0.259 e. The third kappa shape index (κ3) is 5.94. The van der Waals surface area contributed by atoms with Gasteiger partial charge in [0.1, 0.15) is 6.23 Å². The highest BCUT2D eigenvalue weighted by Gasteiger charge is 2.41. The van der Waals surface area contributed by atoms with Gasteiger partial charge in [-0.05, 0) is 64.0 Å². The van der Waals surface area contributed by atoms with Gasteiger partial charge in [-0.2, -0.15) is 10.5 Å². The van der Waals surface area contributed by atoms with Gasteiger partial charge in [-0.25, -0.2) is 4.67 Å². The zero-order valence-electron chi connectivity index (χ0n) is 22.9. The topological polar surface area (TPSA) is 83.4 Å². The van der Waals surface area contributed by atoms with E-state index in [1.54, 1.807) is 0 Å². The minimum atomic E-state index is -1.35. The predicted molar refractivity (Wildman–Crippen MR) is 153 cm³/mol. The fraction of sp³-hybridized carbons (Fsp3) is 0.467. The summed E-state index contributed by atoms with van der Waals surface area (Å²) in [4.78, 5) is 0. The number of ether oxygens (including phenoxy) is 1. The molecule has 2 aromatic carbocycles. The Morgan fingerprint density at radius 2 is 1.84 bits per heavy atom. The molecular weight excluding hydrogens is 495 g/mol. The lowest BCUT2D eigenvalue weighted by Crippen LogP contribution is -2.35. The molecule has 200 valence electrons. The number of para-hydroxylation sites is 1. The molecule has 0 spiro atoms. The number of nitriles is 2. The molecular formula is C30H37N4O3P. The molecule has 0 radical (unpaired) electrons. The van der Waals surface area contributed by atoms with Gasteiger partial charge < -0.3 is 18.4 Å². The molecule has 3 aromatic rings. The minimum Gasteiger partial charge on any atom is -0.352 e. The van der Waals surface area contributed by atoms with Crippen LogP contribution < -0.4 is 0 Å². The molecule has 1 unspecified atom stereocenters. The van der Waals surface area contributed by atoms with Crippen LogP contribution in [0.2, 0.25) is 0 Å². The van der Waals surface area contributed by atoms with Gasteiger partial charge in [0.05, 0.1) is 48.4 Å². The Hall–Kier alpha value is -2.77. The third-order valence-corrected chi connectivity index (χ3v) is 9.00. The Bertz CT molecular complexity index is 1350. The standard InChI is InChI=1S/C30H37N4O3P/c1-6-28-29(37-38(35-18-10-17-32)34(21(2)3)22(4)5)20-30(36-28)33-26-13-8-7-12-24(26)25-19-23(11-9-16-31)14-15-27(25)33/h7-9,11-15,19,21-22,28-30H,6,10,18,20H2,1-5H3/b11-9+/t28-,29-,30-,38?/m1/s1. The summed E-state index contributed by atoms with van der Waals surface area (Å²) >= 11 is 0. The van der Waals surface area contributed by atoms with E-state index in [0.29, 0.717) is 19.4 Å². The van der Waals surface area contributed by atoms with Crippen molar-refractivity contribution in [1.29, 1.82) is 10.5 Å². The van der Waals surface area contributed by atoms with Gasteiger partial charge in [0.25, 0.3) is 8.53 Å². The maximum atomic E-state index is 9.06. The van der Waals surface area contributed by atoms with Crippen LogP contribution in [0, 0.1) is 22.7 Å². The Kier molecular flexibility index (Phi) is 9.55. The molecule has 7 nitrogen and oxygen atoms in total. The SMILES string of the molecule is CC[C@H]1O[C@@H](n2c3ccccc3c3cc(/C=C/C#N)ccc32)C[C@H]1OP(OCCC#N)N(C(C)C)C(C)C. The first-order valence-electron chi connectivity index (χ1n) is 13.4. The normalized spacial score (nSPS) is 20.7. The van der Waals surface area contributed by atoms with Crippen LogP contribution in [0.15, 0.2) is 48.5 Å². The van der Waals surface area contributed by atoms with Gasteiger partial charge in [0.2, 0.25) is 0 Å². The van der Waals surface area contributed by atoms with Gasteiger partial charge in [-0.1, -0.05) is 31.2 Å². The lowest BCUT2D eigenvalue weighted by atomic mass is 10.1. The van der Waals surface area contributed by atoms with Crippen molar-refractivity contribution < 1.29 is 13.8 Å². The monoisotopic (exact) mass is 532 g/mol. The first-order chi connectivity index (χ1) is 18.4. The van der Waals surface area contributed by atoms with Crippen LogP contribution >= 0.6 is 8.53 Å². The molecule has 38 heavy (non-hydrogen) atoms. The summed E-state index contributed by atoms with van der Waals surface area (Å²) in [7, 11) is -1.35. The van der Waals surface area contributed by atoms with Gasteiger partial charge >= 0.3 is 0 Å². The summed E-state index contributed by atoms with van der Waals surface area (Å²) in [6.07, 6.45) is 4.81. The molecule has 4 rings (SSSR count). The van der Waals surface area contributed by atoms with Crippen LogP contribution in [-0.4, -0.2) is 40.1 Å². The maximum Gasteiger partial charge on any atom is 0.259 e. The van der Waals surface area contributed by atoms with Crippen molar-refractivity contribution in [3.63, 3.8) is 0 Å². The predicted octanol–water partition coefficient (Wildman–Crippen LogP) is 7.69. The average molecular weight is 533 g/mol. The van der Waals surface area contributed by atoms with E-state index in [4.69, 9.17) is 24.3 Å². The van der Waals surface area contributed by atoms with E-state index in [2.05, 4.69) is 92.4 Å². The second-order valence-electron chi connectivity index (χ2n) is 10.1. The summed E-state index contributed by atoms with van der Waals surface area (Å²) in [5, 5.41) is 20.3. The quantitative estimate of drug-likeness (QED) is 0.143. The molecule has 0 saturated carbocycles. The number of fused-ring (bicyclic) bond motifs is 3. The van der Waals surface area contributed by atoms with Gasteiger partial charge in [0, 0.05) is 35.4 Å². The van der Waals surface area contributed by atoms with Crippen molar-refractivity contribution in [2.75, 3.05) is 6.61 Å². The number of nitrogens with zero attached hydrogens (tertiary/aromatic N) is 4. The van der Waals surface area contributed by atoms with E-state index >= 15 is 0 Å². The number of allylic oxidation sites excluding steroid dienone is 1. The van der Waals surface area contributed by atoms with Crippen molar-refractivity contribution >= 4 is 36.4 Å². The molecule has 0 amide bonds. The Balaban J connectivity index is 1.68. The molecule has 4 atom stereocenters. The van der Waals surface area contributed by atoms with Crippen molar-refractivity contribution in [3.8, 4) is 12.1 Å². The number of rotatable bonds is 11. The lowest BCUT2D eigenvalue weighted by Gasteiger charge is -2.37. The van der Waals surface area contributed by atoms with Gasteiger partial charge in [-0.15, -0.1) is 0 Å². The summed E-state index contributed by atoms with van der Waals surface area (Å²) in [6.45, 7) is 11.1. The highest BCUT2D eigenvalue weighted by Crippen LogP contribution is 2.51. The second-order valence-corrected chi connectivity index (χ2v) is 11.5. The highest BCUT2D eigenvalue weighted by molar-refractivity contribution is 7.44. The average Bonchev–Trinajstić information content (AvgIpc) is 3.45. The molecule has 1 aliphatic rings. The highest BCUT2D eigenvalue weighted by atomic mass is 31.2. The zero-order valence-corrected chi connectivity index (χ0v) is 23.8. The fourth-order valence-electron chi connectivity index (χ4n) is 5.31. The summed E-state index contributed by atoms with van der Waals surface area (Å²) in [5.74, 6) is 0. The Morgan fingerprint density at radius 3 is 2.53 bits per heavy atom. The summed E-state index contributed by atoms with van der Waals surface area (Å²) in [5.41, 5.74) is 3.20. The van der Waals surface area contributed by atoms with Gasteiger partial charge in [-0.3, -0.25) is 0 Å². The summed E-state index contributed by atoms with van der Waals surface area (Å²) in [6, 6.07) is 19.4.